The molecule has 0 radical (unpaired) electrons. The van der Waals surface area contributed by atoms with Gasteiger partial charge in [0.1, 0.15) is 0 Å². The fraction of sp³-hybridized carbons (Fsp3) is 0.417. The number of hydrogen-bond acceptors (Lipinski definition) is 2. The first kappa shape index (κ1) is 13.1. The molecule has 0 N–H and O–H groups in total. The van der Waals surface area contributed by atoms with Gasteiger partial charge in [-0.2, -0.15) is 0 Å². The molecule has 1 aromatic rings. The number of thioether (sulfide) groups is 1. The SMILES string of the molecule is O=C1CSCc2ccc(Cl)cc2N1CCCCl. The molecule has 0 atom stereocenters. The molecule has 0 bridgehead atoms. The lowest BCUT2D eigenvalue weighted by Gasteiger charge is -2.22. The number of alkyl halides is 1. The van der Waals surface area contributed by atoms with Crippen molar-refractivity contribution in [2.75, 3.05) is 23.1 Å². The van der Waals surface area contributed by atoms with Crippen molar-refractivity contribution in [2.24, 2.45) is 0 Å². The Morgan fingerprint density at radius 1 is 1.35 bits per heavy atom. The molecule has 0 aliphatic carbocycles. The van der Waals surface area contributed by atoms with Gasteiger partial charge in [-0.3, -0.25) is 4.79 Å². The summed E-state index contributed by atoms with van der Waals surface area (Å²) in [5.74, 6) is 2.08. The molecule has 1 aliphatic heterocycles. The van der Waals surface area contributed by atoms with Gasteiger partial charge in [-0.1, -0.05) is 17.7 Å². The highest BCUT2D eigenvalue weighted by molar-refractivity contribution is 7.99. The monoisotopic (exact) mass is 289 g/mol. The Kier molecular flexibility index (Phi) is 4.60. The average molecular weight is 290 g/mol. The van der Waals surface area contributed by atoms with Gasteiger partial charge >= 0.3 is 0 Å². The molecule has 92 valence electrons. The van der Waals surface area contributed by atoms with E-state index in [1.54, 1.807) is 11.8 Å². The first-order valence-corrected chi connectivity index (χ1v) is 7.51. The van der Waals surface area contributed by atoms with E-state index in [0.29, 0.717) is 23.2 Å². The van der Waals surface area contributed by atoms with Gasteiger partial charge in [0.2, 0.25) is 5.91 Å². The normalized spacial score (nSPS) is 15.6. The van der Waals surface area contributed by atoms with E-state index in [1.165, 1.54) is 5.56 Å². The number of nitrogens with zero attached hydrogens (tertiary/aromatic N) is 1. The van der Waals surface area contributed by atoms with E-state index in [9.17, 15) is 4.79 Å². The van der Waals surface area contributed by atoms with Gasteiger partial charge in [0.05, 0.1) is 5.75 Å². The lowest BCUT2D eigenvalue weighted by molar-refractivity contribution is -0.116. The predicted octanol–water partition coefficient (Wildman–Crippen LogP) is 3.55. The quantitative estimate of drug-likeness (QED) is 0.793. The van der Waals surface area contributed by atoms with Crippen LogP contribution in [0.1, 0.15) is 12.0 Å². The van der Waals surface area contributed by atoms with E-state index in [2.05, 4.69) is 0 Å². The summed E-state index contributed by atoms with van der Waals surface area (Å²) in [5.41, 5.74) is 2.11. The highest BCUT2D eigenvalue weighted by atomic mass is 35.5. The van der Waals surface area contributed by atoms with Gasteiger partial charge in [0.15, 0.2) is 0 Å². The van der Waals surface area contributed by atoms with Crippen LogP contribution in [0.2, 0.25) is 5.02 Å². The van der Waals surface area contributed by atoms with Crippen molar-refractivity contribution in [3.05, 3.63) is 28.8 Å². The number of hydrogen-bond donors (Lipinski definition) is 0. The van der Waals surface area contributed by atoms with Crippen molar-refractivity contribution in [2.45, 2.75) is 12.2 Å². The fourth-order valence-corrected chi connectivity index (χ4v) is 3.02. The van der Waals surface area contributed by atoms with E-state index >= 15 is 0 Å². The van der Waals surface area contributed by atoms with E-state index in [4.69, 9.17) is 23.2 Å². The molecule has 17 heavy (non-hydrogen) atoms. The van der Waals surface area contributed by atoms with Crippen LogP contribution in [-0.4, -0.2) is 24.1 Å². The summed E-state index contributed by atoms with van der Waals surface area (Å²) in [6.45, 7) is 0.663. The number of benzene rings is 1. The first-order chi connectivity index (χ1) is 8.22. The fourth-order valence-electron chi connectivity index (χ4n) is 1.83. The lowest BCUT2D eigenvalue weighted by Crippen LogP contribution is -2.33. The second-order valence-corrected chi connectivity index (χ2v) is 5.65. The molecule has 0 fully saturated rings. The van der Waals surface area contributed by atoms with Gasteiger partial charge in [-0.25, -0.2) is 0 Å². The number of carbonyl (C=O) groups is 1. The largest absolute Gasteiger partial charge is 0.311 e. The molecular weight excluding hydrogens is 277 g/mol. The highest BCUT2D eigenvalue weighted by Crippen LogP contribution is 2.31. The Hall–Kier alpha value is -0.380. The minimum Gasteiger partial charge on any atom is -0.311 e. The number of anilines is 1. The molecule has 0 saturated carbocycles. The molecule has 2 rings (SSSR count). The van der Waals surface area contributed by atoms with Crippen molar-refractivity contribution in [3.63, 3.8) is 0 Å². The van der Waals surface area contributed by atoms with Crippen LogP contribution >= 0.6 is 35.0 Å². The zero-order valence-electron chi connectivity index (χ0n) is 9.29. The summed E-state index contributed by atoms with van der Waals surface area (Å²) < 4.78 is 0. The molecule has 1 aromatic carbocycles. The topological polar surface area (TPSA) is 20.3 Å². The third-order valence-electron chi connectivity index (χ3n) is 2.64. The summed E-state index contributed by atoms with van der Waals surface area (Å²) in [5, 5.41) is 0.666. The third-order valence-corrected chi connectivity index (χ3v) is 4.11. The van der Waals surface area contributed by atoms with Gasteiger partial charge in [0, 0.05) is 28.9 Å². The van der Waals surface area contributed by atoms with E-state index in [0.717, 1.165) is 17.9 Å². The molecule has 1 amide bonds. The van der Waals surface area contributed by atoms with Crippen LogP contribution in [0, 0.1) is 0 Å². The minimum atomic E-state index is 0.140. The van der Waals surface area contributed by atoms with Gasteiger partial charge in [-0.15, -0.1) is 23.4 Å². The standard InChI is InChI=1S/C12H13Cl2NOS/c13-4-1-5-15-11-6-10(14)3-2-9(11)7-17-8-12(15)16/h2-3,6H,1,4-5,7-8H2. The Bertz CT molecular complexity index is 425. The number of fused-ring (bicyclic) bond motifs is 1. The summed E-state index contributed by atoms with van der Waals surface area (Å²) in [7, 11) is 0. The van der Waals surface area contributed by atoms with Crippen LogP contribution in [0.4, 0.5) is 5.69 Å². The molecule has 1 aliphatic rings. The molecule has 0 saturated heterocycles. The van der Waals surface area contributed by atoms with Crippen molar-refractivity contribution in [1.82, 2.24) is 0 Å². The number of halogens is 2. The van der Waals surface area contributed by atoms with Gasteiger partial charge in [0.25, 0.3) is 0 Å². The number of carbonyl (C=O) groups excluding carboxylic acids is 1. The van der Waals surface area contributed by atoms with Crippen molar-refractivity contribution in [3.8, 4) is 0 Å². The van der Waals surface area contributed by atoms with E-state index in [-0.39, 0.29) is 5.91 Å². The Labute approximate surface area is 115 Å². The van der Waals surface area contributed by atoms with Crippen molar-refractivity contribution in [1.29, 1.82) is 0 Å². The molecule has 5 heteroatoms. The van der Waals surface area contributed by atoms with Crippen molar-refractivity contribution >= 4 is 46.6 Å². The van der Waals surface area contributed by atoms with Crippen LogP contribution in [0.25, 0.3) is 0 Å². The zero-order valence-corrected chi connectivity index (χ0v) is 11.6. The first-order valence-electron chi connectivity index (χ1n) is 5.45. The number of rotatable bonds is 3. The summed E-state index contributed by atoms with van der Waals surface area (Å²) in [4.78, 5) is 13.8. The highest BCUT2D eigenvalue weighted by Gasteiger charge is 2.22. The van der Waals surface area contributed by atoms with Crippen LogP contribution in [-0.2, 0) is 10.5 Å². The predicted molar refractivity (Wildman–Crippen MR) is 75.3 cm³/mol. The Balaban J connectivity index is 2.34. The van der Waals surface area contributed by atoms with Crippen molar-refractivity contribution < 1.29 is 4.79 Å². The van der Waals surface area contributed by atoms with Gasteiger partial charge < -0.3 is 4.90 Å². The average Bonchev–Trinajstić information content (AvgIpc) is 2.46. The van der Waals surface area contributed by atoms with E-state index in [1.807, 2.05) is 23.1 Å². The summed E-state index contributed by atoms with van der Waals surface area (Å²) in [6, 6.07) is 5.74. The lowest BCUT2D eigenvalue weighted by atomic mass is 10.1. The summed E-state index contributed by atoms with van der Waals surface area (Å²) in [6.07, 6.45) is 0.796. The van der Waals surface area contributed by atoms with Gasteiger partial charge in [-0.05, 0) is 24.1 Å². The smallest absolute Gasteiger partial charge is 0.236 e. The Morgan fingerprint density at radius 2 is 2.18 bits per heavy atom. The van der Waals surface area contributed by atoms with E-state index < -0.39 is 0 Å². The molecular formula is C12H13Cl2NOS. The minimum absolute atomic E-state index is 0.140. The number of amides is 1. The van der Waals surface area contributed by atoms with Crippen LogP contribution in [0.5, 0.6) is 0 Å². The molecule has 0 aromatic heterocycles. The zero-order chi connectivity index (χ0) is 12.3. The maximum absolute atomic E-state index is 12.0. The maximum Gasteiger partial charge on any atom is 0.236 e. The van der Waals surface area contributed by atoms with Crippen LogP contribution in [0.3, 0.4) is 0 Å². The molecule has 0 spiro atoms. The second kappa shape index (κ2) is 5.98. The molecule has 1 heterocycles. The molecule has 2 nitrogen and oxygen atoms in total. The molecule has 0 unspecified atom stereocenters. The second-order valence-electron chi connectivity index (χ2n) is 3.85. The third kappa shape index (κ3) is 3.09. The van der Waals surface area contributed by atoms with Crippen LogP contribution < -0.4 is 4.90 Å². The van der Waals surface area contributed by atoms with Crippen LogP contribution in [0.15, 0.2) is 18.2 Å². The summed E-state index contributed by atoms with van der Waals surface area (Å²) >= 11 is 13.3. The Morgan fingerprint density at radius 3 is 2.94 bits per heavy atom. The maximum atomic E-state index is 12.0.